The minimum Gasteiger partial charge on any atom is -0.378 e. The largest absolute Gasteiger partial charge is 0.378 e. The molecular weight excluding hydrogens is 358 g/mol. The number of anilines is 1. The summed E-state index contributed by atoms with van der Waals surface area (Å²) in [7, 11) is 5.96. The quantitative estimate of drug-likeness (QED) is 0.698. The van der Waals surface area contributed by atoms with Crippen LogP contribution in [0.3, 0.4) is 0 Å². The first-order valence-corrected chi connectivity index (χ1v) is 9.53. The molecule has 6 nitrogen and oxygen atoms in total. The van der Waals surface area contributed by atoms with Gasteiger partial charge in [0.15, 0.2) is 5.65 Å². The number of imidazole rings is 1. The Balaban J connectivity index is 1.85. The molecule has 1 amide bonds. The average Bonchev–Trinajstić information content (AvgIpc) is 3.24. The Morgan fingerprint density at radius 2 is 2.00 bits per heavy atom. The maximum Gasteiger partial charge on any atom is 0.257 e. The minimum absolute atomic E-state index is 0.110. The second-order valence-corrected chi connectivity index (χ2v) is 7.45. The Kier molecular flexibility index (Phi) is 4.53. The maximum absolute atomic E-state index is 11.7. The van der Waals surface area contributed by atoms with Gasteiger partial charge in [0.05, 0.1) is 11.3 Å². The van der Waals surface area contributed by atoms with Gasteiger partial charge in [0.2, 0.25) is 0 Å². The van der Waals surface area contributed by atoms with E-state index < -0.39 is 0 Å². The van der Waals surface area contributed by atoms with Crippen LogP contribution in [0.4, 0.5) is 5.69 Å². The number of amides is 1. The summed E-state index contributed by atoms with van der Waals surface area (Å²) in [6, 6.07) is 12.0. The number of hydrogen-bond donors (Lipinski definition) is 0. The summed E-state index contributed by atoms with van der Waals surface area (Å²) in [5.74, 6) is 1.01. The van der Waals surface area contributed by atoms with Gasteiger partial charge in [-0.2, -0.15) is 0 Å². The smallest absolute Gasteiger partial charge is 0.257 e. The van der Waals surface area contributed by atoms with Gasteiger partial charge in [0.1, 0.15) is 16.4 Å². The summed E-state index contributed by atoms with van der Waals surface area (Å²) in [6.45, 7) is 0. The Morgan fingerprint density at radius 3 is 2.63 bits per heavy atom. The summed E-state index contributed by atoms with van der Waals surface area (Å²) >= 11 is 1.45. The van der Waals surface area contributed by atoms with E-state index in [1.807, 2.05) is 43.9 Å². The molecule has 0 fully saturated rings. The number of fused-ring (bicyclic) bond motifs is 1. The van der Waals surface area contributed by atoms with Gasteiger partial charge in [-0.3, -0.25) is 4.79 Å². The van der Waals surface area contributed by atoms with Crippen molar-refractivity contribution >= 4 is 51.2 Å². The van der Waals surface area contributed by atoms with Gasteiger partial charge in [0, 0.05) is 33.0 Å². The van der Waals surface area contributed by atoms with E-state index in [0.29, 0.717) is 10.8 Å². The topological polar surface area (TPSA) is 63.4 Å². The van der Waals surface area contributed by atoms with Crippen LogP contribution in [-0.2, 0) is 11.8 Å². The SMILES string of the molecule is CN(C)c1ccc(/C=C(\C2=NC(=O)CS2)c2nc3cccnc3n2C)cc1. The normalized spacial score (nSPS) is 14.7. The average molecular weight is 377 g/mol. The maximum atomic E-state index is 11.7. The molecule has 0 atom stereocenters. The fourth-order valence-electron chi connectivity index (χ4n) is 2.97. The molecule has 3 aromatic rings. The second kappa shape index (κ2) is 7.00. The number of nitrogens with zero attached hydrogens (tertiary/aromatic N) is 5. The highest BCUT2D eigenvalue weighted by atomic mass is 32.2. The number of pyridine rings is 1. The summed E-state index contributed by atoms with van der Waals surface area (Å²) in [4.78, 5) is 27.2. The summed E-state index contributed by atoms with van der Waals surface area (Å²) in [5.41, 5.74) is 4.61. The molecule has 0 unspecified atom stereocenters. The highest BCUT2D eigenvalue weighted by Crippen LogP contribution is 2.30. The number of aryl methyl sites for hydroxylation is 1. The molecule has 0 saturated heterocycles. The number of benzene rings is 1. The van der Waals surface area contributed by atoms with Crippen molar-refractivity contribution < 1.29 is 4.79 Å². The molecule has 0 spiro atoms. The fourth-order valence-corrected chi connectivity index (χ4v) is 3.76. The molecule has 0 N–H and O–H groups in total. The molecule has 1 aliphatic heterocycles. The summed E-state index contributed by atoms with van der Waals surface area (Å²) < 4.78 is 1.95. The van der Waals surface area contributed by atoms with Crippen LogP contribution in [0.25, 0.3) is 22.8 Å². The van der Waals surface area contributed by atoms with Crippen molar-refractivity contribution in [1.29, 1.82) is 0 Å². The molecule has 1 aliphatic rings. The zero-order valence-corrected chi connectivity index (χ0v) is 16.2. The van der Waals surface area contributed by atoms with Gasteiger partial charge in [-0.25, -0.2) is 15.0 Å². The number of thioether (sulfide) groups is 1. The fraction of sp³-hybridized carbons (Fsp3) is 0.200. The van der Waals surface area contributed by atoms with Crippen molar-refractivity contribution in [2.75, 3.05) is 24.7 Å². The molecule has 3 heterocycles. The molecule has 1 aromatic carbocycles. The molecule has 0 radical (unpaired) electrons. The van der Waals surface area contributed by atoms with Gasteiger partial charge in [-0.15, -0.1) is 0 Å². The van der Waals surface area contributed by atoms with E-state index >= 15 is 0 Å². The predicted octanol–water partition coefficient (Wildman–Crippen LogP) is 3.25. The van der Waals surface area contributed by atoms with Crippen LogP contribution in [0.1, 0.15) is 11.4 Å². The molecule has 2 aromatic heterocycles. The van der Waals surface area contributed by atoms with Gasteiger partial charge < -0.3 is 9.47 Å². The van der Waals surface area contributed by atoms with Crippen LogP contribution in [0.15, 0.2) is 47.6 Å². The summed E-state index contributed by atoms with van der Waals surface area (Å²) in [6.07, 6.45) is 3.79. The third-order valence-electron chi connectivity index (χ3n) is 4.38. The van der Waals surface area contributed by atoms with Gasteiger partial charge >= 0.3 is 0 Å². The molecule has 4 rings (SSSR count). The highest BCUT2D eigenvalue weighted by Gasteiger charge is 2.23. The lowest BCUT2D eigenvalue weighted by Crippen LogP contribution is -2.08. The second-order valence-electron chi connectivity index (χ2n) is 6.48. The number of aromatic nitrogens is 3. The first-order valence-electron chi connectivity index (χ1n) is 8.54. The van der Waals surface area contributed by atoms with Crippen molar-refractivity contribution in [3.05, 3.63) is 54.0 Å². The lowest BCUT2D eigenvalue weighted by Gasteiger charge is -2.12. The van der Waals surface area contributed by atoms with Crippen LogP contribution >= 0.6 is 11.8 Å². The Hall–Kier alpha value is -2.93. The molecule has 0 saturated carbocycles. The van der Waals surface area contributed by atoms with E-state index in [-0.39, 0.29) is 5.91 Å². The van der Waals surface area contributed by atoms with Gasteiger partial charge in [-0.1, -0.05) is 23.9 Å². The number of rotatable bonds is 4. The third-order valence-corrected chi connectivity index (χ3v) is 5.35. The van der Waals surface area contributed by atoms with Crippen molar-refractivity contribution in [3.8, 4) is 0 Å². The lowest BCUT2D eigenvalue weighted by molar-refractivity contribution is -0.115. The molecule has 0 bridgehead atoms. The van der Waals surface area contributed by atoms with Crippen molar-refractivity contribution in [3.63, 3.8) is 0 Å². The third kappa shape index (κ3) is 3.38. The van der Waals surface area contributed by atoms with E-state index in [4.69, 9.17) is 4.98 Å². The first-order chi connectivity index (χ1) is 13.0. The molecule has 27 heavy (non-hydrogen) atoms. The molecular formula is C20H19N5OS. The molecule has 136 valence electrons. The Bertz CT molecular complexity index is 1080. The van der Waals surface area contributed by atoms with Gasteiger partial charge in [0.25, 0.3) is 5.91 Å². The zero-order chi connectivity index (χ0) is 19.0. The van der Waals surface area contributed by atoms with Crippen LogP contribution in [-0.4, -0.2) is 45.3 Å². The molecule has 7 heteroatoms. The zero-order valence-electron chi connectivity index (χ0n) is 15.4. The lowest BCUT2D eigenvalue weighted by atomic mass is 10.1. The minimum atomic E-state index is -0.110. The van der Waals surface area contributed by atoms with Gasteiger partial charge in [-0.05, 0) is 35.9 Å². The van der Waals surface area contributed by atoms with E-state index in [2.05, 4.69) is 39.1 Å². The highest BCUT2D eigenvalue weighted by molar-refractivity contribution is 8.16. The number of aliphatic imine (C=N–C) groups is 1. The number of carbonyl (C=O) groups is 1. The predicted molar refractivity (Wildman–Crippen MR) is 112 cm³/mol. The Labute approximate surface area is 161 Å². The van der Waals surface area contributed by atoms with Crippen molar-refractivity contribution in [2.45, 2.75) is 0 Å². The van der Waals surface area contributed by atoms with Crippen LogP contribution < -0.4 is 4.90 Å². The molecule has 0 aliphatic carbocycles. The van der Waals surface area contributed by atoms with Crippen molar-refractivity contribution in [2.24, 2.45) is 12.0 Å². The van der Waals surface area contributed by atoms with Crippen LogP contribution in [0.5, 0.6) is 0 Å². The first kappa shape index (κ1) is 17.5. The monoisotopic (exact) mass is 377 g/mol. The van der Waals surface area contributed by atoms with E-state index in [1.165, 1.54) is 11.8 Å². The van der Waals surface area contributed by atoms with E-state index in [0.717, 1.165) is 33.8 Å². The van der Waals surface area contributed by atoms with Crippen molar-refractivity contribution in [1.82, 2.24) is 14.5 Å². The van der Waals surface area contributed by atoms with E-state index in [9.17, 15) is 4.79 Å². The van der Waals surface area contributed by atoms with Crippen LogP contribution in [0, 0.1) is 0 Å². The standard InChI is InChI=1S/C20H19N5OS/c1-24(2)14-8-6-13(7-9-14)11-15(20-23-17(26)12-27-20)18-22-16-5-4-10-21-19(16)25(18)3/h4-11H,12H2,1-3H3/b15-11-. The van der Waals surface area contributed by atoms with Crippen LogP contribution in [0.2, 0.25) is 0 Å². The van der Waals surface area contributed by atoms with E-state index in [1.54, 1.807) is 6.20 Å². The number of carbonyl (C=O) groups excluding carboxylic acids is 1. The summed E-state index contributed by atoms with van der Waals surface area (Å²) in [5, 5.41) is 0.704. The Morgan fingerprint density at radius 1 is 1.22 bits per heavy atom. The number of hydrogen-bond acceptors (Lipinski definition) is 5.